The molecule has 3 aromatic carbocycles. The van der Waals surface area contributed by atoms with Crippen molar-refractivity contribution in [3.05, 3.63) is 95.2 Å². The zero-order chi connectivity index (χ0) is 19.6. The van der Waals surface area contributed by atoms with Crippen molar-refractivity contribution in [2.45, 2.75) is 18.7 Å². The topological polar surface area (TPSA) is 58.9 Å². The van der Waals surface area contributed by atoms with Crippen molar-refractivity contribution in [3.63, 3.8) is 0 Å². The molecule has 138 valence electrons. The SMILES string of the molecule is CC.O=[N+]([O-])c1ccc(-c2c[nH]c3ccccc23)cc1.Sc1ccccc1. The van der Waals surface area contributed by atoms with Crippen molar-refractivity contribution in [1.82, 2.24) is 4.98 Å². The van der Waals surface area contributed by atoms with Crippen molar-refractivity contribution in [3.8, 4) is 11.1 Å². The normalized spacial score (nSPS) is 9.59. The second-order valence-electron chi connectivity index (χ2n) is 5.39. The van der Waals surface area contributed by atoms with Gasteiger partial charge in [0.15, 0.2) is 0 Å². The molecule has 0 spiro atoms. The maximum atomic E-state index is 10.6. The molecule has 0 fully saturated rings. The number of aromatic nitrogens is 1. The number of nitro benzene ring substituents is 1. The number of nitrogens with zero attached hydrogens (tertiary/aromatic N) is 1. The van der Waals surface area contributed by atoms with Crippen LogP contribution < -0.4 is 0 Å². The number of rotatable bonds is 2. The molecule has 4 aromatic rings. The van der Waals surface area contributed by atoms with E-state index in [4.69, 9.17) is 0 Å². The molecular formula is C22H22N2O2S. The predicted molar refractivity (Wildman–Crippen MR) is 115 cm³/mol. The van der Waals surface area contributed by atoms with E-state index < -0.39 is 0 Å². The van der Waals surface area contributed by atoms with E-state index in [0.29, 0.717) is 0 Å². The molecule has 0 aliphatic heterocycles. The molecule has 0 unspecified atom stereocenters. The third-order valence-electron chi connectivity index (χ3n) is 3.73. The van der Waals surface area contributed by atoms with Gasteiger partial charge in [-0.15, -0.1) is 12.6 Å². The summed E-state index contributed by atoms with van der Waals surface area (Å²) in [7, 11) is 0. The number of nitrogens with one attached hydrogen (secondary N) is 1. The van der Waals surface area contributed by atoms with Gasteiger partial charge in [0.2, 0.25) is 0 Å². The maximum absolute atomic E-state index is 10.6. The first-order valence-corrected chi connectivity index (χ1v) is 9.15. The summed E-state index contributed by atoms with van der Waals surface area (Å²) < 4.78 is 0. The Hall–Kier alpha value is -3.05. The molecule has 0 radical (unpaired) electrons. The summed E-state index contributed by atoms with van der Waals surface area (Å²) in [5.74, 6) is 0. The van der Waals surface area contributed by atoms with Crippen LogP contribution in [0.4, 0.5) is 5.69 Å². The van der Waals surface area contributed by atoms with Crippen LogP contribution in [0.25, 0.3) is 22.0 Å². The van der Waals surface area contributed by atoms with Gasteiger partial charge >= 0.3 is 0 Å². The second kappa shape index (κ2) is 10.2. The summed E-state index contributed by atoms with van der Waals surface area (Å²) in [6.07, 6.45) is 1.92. The largest absolute Gasteiger partial charge is 0.361 e. The van der Waals surface area contributed by atoms with Crippen LogP contribution >= 0.6 is 12.6 Å². The number of nitro groups is 1. The highest BCUT2D eigenvalue weighted by Gasteiger charge is 2.08. The van der Waals surface area contributed by atoms with E-state index in [-0.39, 0.29) is 10.6 Å². The molecule has 0 aliphatic carbocycles. The molecule has 0 saturated carbocycles. The van der Waals surface area contributed by atoms with Crippen molar-refractivity contribution in [1.29, 1.82) is 0 Å². The fourth-order valence-corrected chi connectivity index (χ4v) is 2.67. The number of para-hydroxylation sites is 1. The van der Waals surface area contributed by atoms with Crippen molar-refractivity contribution in [2.24, 2.45) is 0 Å². The molecule has 0 atom stereocenters. The minimum Gasteiger partial charge on any atom is -0.361 e. The first-order chi connectivity index (χ1) is 13.1. The lowest BCUT2D eigenvalue weighted by atomic mass is 10.0. The van der Waals surface area contributed by atoms with Gasteiger partial charge in [0.05, 0.1) is 4.92 Å². The van der Waals surface area contributed by atoms with E-state index in [0.717, 1.165) is 26.9 Å². The number of hydrogen-bond donors (Lipinski definition) is 2. The molecule has 0 bridgehead atoms. The summed E-state index contributed by atoms with van der Waals surface area (Å²) in [4.78, 5) is 14.4. The quantitative estimate of drug-likeness (QED) is 0.230. The minimum absolute atomic E-state index is 0.110. The Balaban J connectivity index is 0.000000244. The van der Waals surface area contributed by atoms with Crippen molar-refractivity contribution < 1.29 is 4.92 Å². The van der Waals surface area contributed by atoms with Crippen molar-refractivity contribution >= 4 is 29.2 Å². The molecule has 1 heterocycles. The zero-order valence-corrected chi connectivity index (χ0v) is 16.2. The summed E-state index contributed by atoms with van der Waals surface area (Å²) in [5, 5.41) is 11.7. The number of fused-ring (bicyclic) bond motifs is 1. The Morgan fingerprint density at radius 3 is 2.00 bits per heavy atom. The average molecular weight is 378 g/mol. The molecule has 5 heteroatoms. The monoisotopic (exact) mass is 378 g/mol. The van der Waals surface area contributed by atoms with Crippen LogP contribution in [0.15, 0.2) is 90.0 Å². The van der Waals surface area contributed by atoms with E-state index in [1.165, 1.54) is 12.1 Å². The van der Waals surface area contributed by atoms with Gasteiger partial charge in [0, 0.05) is 39.7 Å². The summed E-state index contributed by atoms with van der Waals surface area (Å²) in [5.41, 5.74) is 3.20. The van der Waals surface area contributed by atoms with E-state index in [1.807, 2.05) is 74.6 Å². The number of benzene rings is 3. The maximum Gasteiger partial charge on any atom is 0.269 e. The van der Waals surface area contributed by atoms with Crippen LogP contribution in [0.3, 0.4) is 0 Å². The fraction of sp³-hybridized carbons (Fsp3) is 0.0909. The van der Waals surface area contributed by atoms with Crippen LogP contribution in [0.5, 0.6) is 0 Å². The van der Waals surface area contributed by atoms with Crippen molar-refractivity contribution in [2.75, 3.05) is 0 Å². The van der Waals surface area contributed by atoms with Gasteiger partial charge in [-0.25, -0.2) is 0 Å². The Morgan fingerprint density at radius 1 is 0.852 bits per heavy atom. The standard InChI is InChI=1S/C14H10N2O2.C6H6S.C2H6/c17-16(18)11-7-5-10(6-8-11)13-9-15-14-4-2-1-3-12(13)14;7-6-4-2-1-3-5-6;1-2/h1-9,15H;1-5,7H;1-2H3. The van der Waals surface area contributed by atoms with Gasteiger partial charge in [-0.2, -0.15) is 0 Å². The zero-order valence-electron chi connectivity index (χ0n) is 15.3. The molecule has 0 aliphatic rings. The number of thiol groups is 1. The Morgan fingerprint density at radius 2 is 1.44 bits per heavy atom. The summed E-state index contributed by atoms with van der Waals surface area (Å²) >= 11 is 4.08. The smallest absolute Gasteiger partial charge is 0.269 e. The summed E-state index contributed by atoms with van der Waals surface area (Å²) in [6.45, 7) is 4.00. The molecule has 1 N–H and O–H groups in total. The minimum atomic E-state index is -0.390. The number of aromatic amines is 1. The molecule has 0 saturated heterocycles. The van der Waals surface area contributed by atoms with E-state index in [1.54, 1.807) is 12.1 Å². The lowest BCUT2D eigenvalue weighted by Crippen LogP contribution is -1.86. The van der Waals surface area contributed by atoms with E-state index >= 15 is 0 Å². The molecule has 1 aromatic heterocycles. The van der Waals surface area contributed by atoms with E-state index in [2.05, 4.69) is 17.6 Å². The van der Waals surface area contributed by atoms with Gasteiger partial charge in [-0.05, 0) is 35.9 Å². The Labute approximate surface area is 164 Å². The molecule has 27 heavy (non-hydrogen) atoms. The van der Waals surface area contributed by atoms with Gasteiger partial charge in [0.25, 0.3) is 5.69 Å². The Bertz CT molecular complexity index is 980. The number of non-ortho nitro benzene ring substituents is 1. The first-order valence-electron chi connectivity index (χ1n) is 8.70. The Kier molecular flexibility index (Phi) is 7.64. The lowest BCUT2D eigenvalue weighted by molar-refractivity contribution is -0.384. The highest BCUT2D eigenvalue weighted by Crippen LogP contribution is 2.29. The molecule has 4 nitrogen and oxygen atoms in total. The molecule has 0 amide bonds. The van der Waals surface area contributed by atoms with Gasteiger partial charge in [0.1, 0.15) is 0 Å². The van der Waals surface area contributed by atoms with Crippen LogP contribution in [0.1, 0.15) is 13.8 Å². The third-order valence-corrected chi connectivity index (χ3v) is 4.03. The third kappa shape index (κ3) is 5.46. The molecular weight excluding hydrogens is 356 g/mol. The highest BCUT2D eigenvalue weighted by molar-refractivity contribution is 7.80. The van der Waals surface area contributed by atoms with E-state index in [9.17, 15) is 10.1 Å². The second-order valence-corrected chi connectivity index (χ2v) is 5.90. The lowest BCUT2D eigenvalue weighted by Gasteiger charge is -1.99. The number of hydrogen-bond acceptors (Lipinski definition) is 3. The first kappa shape index (κ1) is 20.3. The number of H-pyrrole nitrogens is 1. The van der Waals surface area contributed by atoms with Crippen LogP contribution in [0.2, 0.25) is 0 Å². The summed E-state index contributed by atoms with van der Waals surface area (Å²) in [6, 6.07) is 24.4. The highest BCUT2D eigenvalue weighted by atomic mass is 32.1. The predicted octanol–water partition coefficient (Wildman–Crippen LogP) is 6.74. The van der Waals surface area contributed by atoms with Crippen LogP contribution in [-0.2, 0) is 0 Å². The molecule has 4 rings (SSSR count). The van der Waals surface area contributed by atoms with Gasteiger partial charge in [-0.1, -0.05) is 50.2 Å². The van der Waals surface area contributed by atoms with Crippen LogP contribution in [-0.4, -0.2) is 9.91 Å². The van der Waals surface area contributed by atoms with Gasteiger partial charge in [-0.3, -0.25) is 10.1 Å². The fourth-order valence-electron chi connectivity index (χ4n) is 2.50. The van der Waals surface area contributed by atoms with Gasteiger partial charge < -0.3 is 4.98 Å². The average Bonchev–Trinajstić information content (AvgIpc) is 3.15. The van der Waals surface area contributed by atoms with Crippen LogP contribution in [0, 0.1) is 10.1 Å².